The van der Waals surface area contributed by atoms with Crippen LogP contribution in [-0.4, -0.2) is 24.9 Å². The summed E-state index contributed by atoms with van der Waals surface area (Å²) < 4.78 is 26.5. The first-order valence-corrected chi connectivity index (χ1v) is 11.1. The molecule has 2 amide bonds. The van der Waals surface area contributed by atoms with Gasteiger partial charge in [-0.1, -0.05) is 39.0 Å². The molecule has 31 heavy (non-hydrogen) atoms. The molecule has 0 spiro atoms. The van der Waals surface area contributed by atoms with Crippen molar-refractivity contribution in [1.29, 1.82) is 0 Å². The van der Waals surface area contributed by atoms with Gasteiger partial charge in [0, 0.05) is 30.8 Å². The van der Waals surface area contributed by atoms with Crippen LogP contribution in [0, 0.1) is 11.6 Å². The molecular weight excluding hydrogens is 398 g/mol. The van der Waals surface area contributed by atoms with E-state index in [-0.39, 0.29) is 17.6 Å². The molecule has 0 aliphatic rings. The predicted molar refractivity (Wildman–Crippen MR) is 120 cm³/mol. The number of hydrogen-bond acceptors (Lipinski definition) is 2. The third kappa shape index (κ3) is 8.87. The van der Waals surface area contributed by atoms with Gasteiger partial charge < -0.3 is 10.2 Å². The van der Waals surface area contributed by atoms with E-state index in [1.54, 1.807) is 0 Å². The number of hydrogen-bond donors (Lipinski definition) is 1. The molecule has 4 nitrogen and oxygen atoms in total. The summed E-state index contributed by atoms with van der Waals surface area (Å²) in [4.78, 5) is 26.5. The fourth-order valence-electron chi connectivity index (χ4n) is 3.34. The fourth-order valence-corrected chi connectivity index (χ4v) is 3.34. The lowest BCUT2D eigenvalue weighted by molar-refractivity contribution is -0.121. The summed E-state index contributed by atoms with van der Waals surface area (Å²) in [6, 6.07) is 11.0. The summed E-state index contributed by atoms with van der Waals surface area (Å²) in [7, 11) is 0. The minimum atomic E-state index is -0.419. The number of nitrogens with one attached hydrogen (secondary N) is 1. The largest absolute Gasteiger partial charge is 0.356 e. The number of unbranched alkanes of at least 4 members (excludes halogenated alkanes) is 5. The summed E-state index contributed by atoms with van der Waals surface area (Å²) >= 11 is 0. The highest BCUT2D eigenvalue weighted by molar-refractivity contribution is 6.06. The Labute approximate surface area is 183 Å². The van der Waals surface area contributed by atoms with Gasteiger partial charge in [-0.25, -0.2) is 8.78 Å². The lowest BCUT2D eigenvalue weighted by atomic mass is 10.1. The van der Waals surface area contributed by atoms with Crippen molar-refractivity contribution in [3.63, 3.8) is 0 Å². The Kier molecular flexibility index (Phi) is 10.7. The molecule has 0 saturated carbocycles. The first kappa shape index (κ1) is 24.5. The van der Waals surface area contributed by atoms with E-state index in [2.05, 4.69) is 12.2 Å². The standard InChI is InChI=1S/C25H32F2N2O2/c1-2-3-4-5-6-7-9-24(30)28-18-8-19-29(23-16-14-22(27)15-17-23)25(31)20-10-12-21(26)13-11-20/h10-17H,2-9,18-19H2,1H3,(H,28,30). The molecule has 1 N–H and O–H groups in total. The van der Waals surface area contributed by atoms with Gasteiger partial charge >= 0.3 is 0 Å². The molecule has 2 aromatic carbocycles. The molecule has 0 atom stereocenters. The third-order valence-electron chi connectivity index (χ3n) is 5.11. The fraction of sp³-hybridized carbons (Fsp3) is 0.440. The number of halogens is 2. The van der Waals surface area contributed by atoms with E-state index in [1.165, 1.54) is 79.1 Å². The lowest BCUT2D eigenvalue weighted by Crippen LogP contribution is -2.34. The first-order valence-electron chi connectivity index (χ1n) is 11.1. The number of benzene rings is 2. The van der Waals surface area contributed by atoms with Gasteiger partial charge in [0.15, 0.2) is 0 Å². The molecule has 2 aromatic rings. The molecule has 0 unspecified atom stereocenters. The quantitative estimate of drug-likeness (QED) is 0.404. The monoisotopic (exact) mass is 430 g/mol. The molecule has 0 aromatic heterocycles. The van der Waals surface area contributed by atoms with Gasteiger partial charge in [-0.05, 0) is 61.4 Å². The van der Waals surface area contributed by atoms with Crippen molar-refractivity contribution in [3.05, 3.63) is 65.7 Å². The van der Waals surface area contributed by atoms with E-state index >= 15 is 0 Å². The van der Waals surface area contributed by atoms with Crippen LogP contribution in [0.1, 0.15) is 68.6 Å². The molecule has 0 aliphatic carbocycles. The molecule has 0 aliphatic heterocycles. The summed E-state index contributed by atoms with van der Waals surface area (Å²) in [6.07, 6.45) is 7.86. The van der Waals surface area contributed by atoms with Gasteiger partial charge in [0.1, 0.15) is 11.6 Å². The van der Waals surface area contributed by atoms with Gasteiger partial charge in [-0.15, -0.1) is 0 Å². The Hall–Kier alpha value is -2.76. The zero-order valence-corrected chi connectivity index (χ0v) is 18.2. The second-order valence-corrected chi connectivity index (χ2v) is 7.66. The molecule has 6 heteroatoms. The van der Waals surface area contributed by atoms with Crippen LogP contribution in [0.5, 0.6) is 0 Å². The smallest absolute Gasteiger partial charge is 0.258 e. The minimum absolute atomic E-state index is 0.0219. The van der Waals surface area contributed by atoms with Crippen molar-refractivity contribution in [2.75, 3.05) is 18.0 Å². The van der Waals surface area contributed by atoms with Crippen LogP contribution in [0.2, 0.25) is 0 Å². The van der Waals surface area contributed by atoms with Gasteiger partial charge in [0.25, 0.3) is 5.91 Å². The molecule has 0 fully saturated rings. The van der Waals surface area contributed by atoms with Crippen molar-refractivity contribution in [2.24, 2.45) is 0 Å². The van der Waals surface area contributed by atoms with Crippen LogP contribution >= 0.6 is 0 Å². The second kappa shape index (κ2) is 13.5. The van der Waals surface area contributed by atoms with Crippen LogP contribution in [0.4, 0.5) is 14.5 Å². The Morgan fingerprint density at radius 3 is 2.03 bits per heavy atom. The highest BCUT2D eigenvalue weighted by Gasteiger charge is 2.18. The maximum Gasteiger partial charge on any atom is 0.258 e. The minimum Gasteiger partial charge on any atom is -0.356 e. The van der Waals surface area contributed by atoms with Gasteiger partial charge in [-0.2, -0.15) is 0 Å². The molecule has 2 rings (SSSR count). The average Bonchev–Trinajstić information content (AvgIpc) is 2.77. The Morgan fingerprint density at radius 1 is 0.806 bits per heavy atom. The normalized spacial score (nSPS) is 10.7. The number of anilines is 1. The second-order valence-electron chi connectivity index (χ2n) is 7.66. The zero-order valence-electron chi connectivity index (χ0n) is 18.2. The van der Waals surface area contributed by atoms with Crippen LogP contribution in [0.25, 0.3) is 0 Å². The molecule has 0 saturated heterocycles. The third-order valence-corrected chi connectivity index (χ3v) is 5.11. The molecule has 0 radical (unpaired) electrons. The number of carbonyl (C=O) groups excluding carboxylic acids is 2. The van der Waals surface area contributed by atoms with Crippen molar-refractivity contribution < 1.29 is 18.4 Å². The van der Waals surface area contributed by atoms with Crippen molar-refractivity contribution >= 4 is 17.5 Å². The zero-order chi connectivity index (χ0) is 22.5. The van der Waals surface area contributed by atoms with Crippen LogP contribution in [0.3, 0.4) is 0 Å². The molecular formula is C25H32F2N2O2. The highest BCUT2D eigenvalue weighted by Crippen LogP contribution is 2.19. The Bertz CT molecular complexity index is 807. The maximum absolute atomic E-state index is 13.3. The molecule has 0 bridgehead atoms. The van der Waals surface area contributed by atoms with E-state index < -0.39 is 5.82 Å². The SMILES string of the molecule is CCCCCCCCC(=O)NCCCN(C(=O)c1ccc(F)cc1)c1ccc(F)cc1. The molecule has 168 valence electrons. The van der Waals surface area contributed by atoms with E-state index in [9.17, 15) is 18.4 Å². The van der Waals surface area contributed by atoms with Crippen molar-refractivity contribution in [2.45, 2.75) is 58.3 Å². The summed E-state index contributed by atoms with van der Waals surface area (Å²) in [5.41, 5.74) is 0.895. The molecule has 0 heterocycles. The summed E-state index contributed by atoms with van der Waals surface area (Å²) in [6.45, 7) is 2.97. The summed E-state index contributed by atoms with van der Waals surface area (Å²) in [5, 5.41) is 2.90. The predicted octanol–water partition coefficient (Wildman–Crippen LogP) is 5.87. The van der Waals surface area contributed by atoms with E-state index in [0.717, 1.165) is 12.8 Å². The van der Waals surface area contributed by atoms with Gasteiger partial charge in [-0.3, -0.25) is 9.59 Å². The van der Waals surface area contributed by atoms with Crippen LogP contribution in [-0.2, 0) is 4.79 Å². The number of rotatable bonds is 13. The van der Waals surface area contributed by atoms with Crippen molar-refractivity contribution in [3.8, 4) is 0 Å². The lowest BCUT2D eigenvalue weighted by Gasteiger charge is -2.23. The topological polar surface area (TPSA) is 49.4 Å². The Morgan fingerprint density at radius 2 is 1.39 bits per heavy atom. The van der Waals surface area contributed by atoms with E-state index in [1.807, 2.05) is 0 Å². The van der Waals surface area contributed by atoms with Gasteiger partial charge in [0.05, 0.1) is 0 Å². The van der Waals surface area contributed by atoms with Crippen molar-refractivity contribution in [1.82, 2.24) is 5.32 Å². The van der Waals surface area contributed by atoms with E-state index in [4.69, 9.17) is 0 Å². The first-order chi connectivity index (χ1) is 15.0. The Balaban J connectivity index is 1.84. The number of nitrogens with zero attached hydrogens (tertiary/aromatic N) is 1. The van der Waals surface area contributed by atoms with Crippen LogP contribution < -0.4 is 10.2 Å². The van der Waals surface area contributed by atoms with Gasteiger partial charge in [0.2, 0.25) is 5.91 Å². The average molecular weight is 431 g/mol. The highest BCUT2D eigenvalue weighted by atomic mass is 19.1. The maximum atomic E-state index is 13.3. The summed E-state index contributed by atoms with van der Waals surface area (Å²) in [5.74, 6) is -1.09. The number of carbonyl (C=O) groups is 2. The van der Waals surface area contributed by atoms with Crippen LogP contribution in [0.15, 0.2) is 48.5 Å². The van der Waals surface area contributed by atoms with E-state index in [0.29, 0.717) is 37.2 Å². The number of amides is 2.